The fraction of sp³-hybridized carbons (Fsp3) is 0.789. The molecule has 1 unspecified atom stereocenters. The van der Waals surface area contributed by atoms with Crippen LogP contribution in [0.4, 0.5) is 0 Å². The molecule has 0 saturated heterocycles. The molecule has 0 aromatic heterocycles. The maximum absolute atomic E-state index is 2.42. The van der Waals surface area contributed by atoms with Gasteiger partial charge in [-0.25, -0.2) is 0 Å². The molecule has 1 saturated carbocycles. The van der Waals surface area contributed by atoms with Gasteiger partial charge in [0.25, 0.3) is 0 Å². The third kappa shape index (κ3) is 6.99. The summed E-state index contributed by atoms with van der Waals surface area (Å²) >= 11 is 0. The number of rotatable bonds is 8. The molecule has 0 N–H and O–H groups in total. The van der Waals surface area contributed by atoms with Crippen LogP contribution in [0.1, 0.15) is 78.6 Å². The minimum absolute atomic E-state index is 0.842. The zero-order chi connectivity index (χ0) is 13.9. The minimum Gasteiger partial charge on any atom is -0.0914 e. The molecular formula is C19H34. The van der Waals surface area contributed by atoms with Crippen molar-refractivity contribution in [1.29, 1.82) is 0 Å². The van der Waals surface area contributed by atoms with E-state index in [9.17, 15) is 0 Å². The largest absolute Gasteiger partial charge is 0.0914 e. The summed E-state index contributed by atoms with van der Waals surface area (Å²) in [5.74, 6) is 2.75. The molecule has 1 aliphatic rings. The highest BCUT2D eigenvalue weighted by Crippen LogP contribution is 2.33. The van der Waals surface area contributed by atoms with Gasteiger partial charge in [-0.1, -0.05) is 50.5 Å². The normalized spacial score (nSPS) is 26.3. The van der Waals surface area contributed by atoms with Crippen LogP contribution in [0.3, 0.4) is 0 Å². The van der Waals surface area contributed by atoms with Crippen LogP contribution >= 0.6 is 0 Å². The quantitative estimate of drug-likeness (QED) is 0.436. The van der Waals surface area contributed by atoms with Crippen LogP contribution in [0.2, 0.25) is 0 Å². The Bertz CT molecular complexity index is 253. The van der Waals surface area contributed by atoms with Gasteiger partial charge in [-0.15, -0.1) is 0 Å². The highest BCUT2D eigenvalue weighted by atomic mass is 14.2. The topological polar surface area (TPSA) is 0 Å². The van der Waals surface area contributed by atoms with Crippen molar-refractivity contribution in [2.75, 3.05) is 0 Å². The van der Waals surface area contributed by atoms with Crippen molar-refractivity contribution in [3.8, 4) is 0 Å². The Morgan fingerprint density at radius 2 is 1.74 bits per heavy atom. The molecule has 1 fully saturated rings. The van der Waals surface area contributed by atoms with Gasteiger partial charge >= 0.3 is 0 Å². The summed E-state index contributed by atoms with van der Waals surface area (Å²) < 4.78 is 0. The predicted molar refractivity (Wildman–Crippen MR) is 87.3 cm³/mol. The summed E-state index contributed by atoms with van der Waals surface area (Å²) in [6, 6.07) is 0. The van der Waals surface area contributed by atoms with Crippen LogP contribution in [-0.4, -0.2) is 0 Å². The fourth-order valence-electron chi connectivity index (χ4n) is 3.59. The molecule has 0 bridgehead atoms. The van der Waals surface area contributed by atoms with Gasteiger partial charge in [0, 0.05) is 0 Å². The summed E-state index contributed by atoms with van der Waals surface area (Å²) in [7, 11) is 0. The Labute approximate surface area is 121 Å². The molecule has 0 amide bonds. The van der Waals surface area contributed by atoms with Crippen LogP contribution in [0.5, 0.6) is 0 Å². The molecule has 19 heavy (non-hydrogen) atoms. The Morgan fingerprint density at radius 1 is 1.00 bits per heavy atom. The standard InChI is InChI=1S/C19H34/c1-4-8-17(9-5-2)11-7-12-19-15-13-18(10-6-3)14-16-19/h4,6,8,10,17-19H,5,7,9,11-16H2,1-3H3. The summed E-state index contributed by atoms with van der Waals surface area (Å²) in [4.78, 5) is 0. The molecule has 1 atom stereocenters. The summed E-state index contributed by atoms with van der Waals surface area (Å²) in [6.45, 7) is 6.62. The van der Waals surface area contributed by atoms with Gasteiger partial charge in [-0.05, 0) is 70.1 Å². The lowest BCUT2D eigenvalue weighted by atomic mass is 9.79. The lowest BCUT2D eigenvalue weighted by Gasteiger charge is -2.27. The Hall–Kier alpha value is -0.520. The summed E-state index contributed by atoms with van der Waals surface area (Å²) in [6.07, 6.45) is 22.1. The number of hydrogen-bond acceptors (Lipinski definition) is 0. The second-order valence-corrected chi connectivity index (χ2v) is 6.31. The molecule has 0 spiro atoms. The Balaban J connectivity index is 2.16. The lowest BCUT2D eigenvalue weighted by molar-refractivity contribution is 0.285. The van der Waals surface area contributed by atoms with E-state index >= 15 is 0 Å². The van der Waals surface area contributed by atoms with Crippen molar-refractivity contribution >= 4 is 0 Å². The van der Waals surface area contributed by atoms with Crippen molar-refractivity contribution in [3.05, 3.63) is 24.3 Å². The SMILES string of the molecule is CC=CC(CCC)CCCC1CCC(C=CC)CC1. The monoisotopic (exact) mass is 262 g/mol. The first kappa shape index (κ1) is 16.5. The third-order valence-corrected chi connectivity index (χ3v) is 4.67. The van der Waals surface area contributed by atoms with E-state index in [1.807, 2.05) is 0 Å². The van der Waals surface area contributed by atoms with Gasteiger partial charge in [0.1, 0.15) is 0 Å². The first-order chi connectivity index (χ1) is 9.30. The van der Waals surface area contributed by atoms with Gasteiger partial charge in [-0.2, -0.15) is 0 Å². The van der Waals surface area contributed by atoms with E-state index in [0.717, 1.165) is 17.8 Å². The van der Waals surface area contributed by atoms with Gasteiger partial charge in [0.15, 0.2) is 0 Å². The van der Waals surface area contributed by atoms with Gasteiger partial charge in [-0.3, -0.25) is 0 Å². The first-order valence-electron chi connectivity index (χ1n) is 8.55. The summed E-state index contributed by atoms with van der Waals surface area (Å²) in [5, 5.41) is 0. The second-order valence-electron chi connectivity index (χ2n) is 6.31. The van der Waals surface area contributed by atoms with Crippen LogP contribution in [0.15, 0.2) is 24.3 Å². The molecule has 0 aromatic rings. The molecular weight excluding hydrogens is 228 g/mol. The average molecular weight is 262 g/mol. The number of hydrogen-bond donors (Lipinski definition) is 0. The van der Waals surface area contributed by atoms with Crippen molar-refractivity contribution < 1.29 is 0 Å². The first-order valence-corrected chi connectivity index (χ1v) is 8.55. The van der Waals surface area contributed by atoms with Crippen LogP contribution in [0.25, 0.3) is 0 Å². The molecule has 0 nitrogen and oxygen atoms in total. The minimum atomic E-state index is 0.842. The van der Waals surface area contributed by atoms with E-state index in [-0.39, 0.29) is 0 Å². The highest BCUT2D eigenvalue weighted by molar-refractivity contribution is 4.89. The highest BCUT2D eigenvalue weighted by Gasteiger charge is 2.19. The number of allylic oxidation sites excluding steroid dienone is 4. The zero-order valence-corrected chi connectivity index (χ0v) is 13.4. The van der Waals surface area contributed by atoms with Crippen LogP contribution < -0.4 is 0 Å². The fourth-order valence-corrected chi connectivity index (χ4v) is 3.59. The van der Waals surface area contributed by atoms with Crippen molar-refractivity contribution in [2.24, 2.45) is 17.8 Å². The van der Waals surface area contributed by atoms with Crippen molar-refractivity contribution in [3.63, 3.8) is 0 Å². The van der Waals surface area contributed by atoms with Crippen molar-refractivity contribution in [1.82, 2.24) is 0 Å². The Kier molecular flexibility index (Phi) is 8.95. The van der Waals surface area contributed by atoms with Crippen molar-refractivity contribution in [2.45, 2.75) is 78.6 Å². The predicted octanol–water partition coefficient (Wildman–Crippen LogP) is 6.53. The summed E-state index contributed by atoms with van der Waals surface area (Å²) in [5.41, 5.74) is 0. The van der Waals surface area contributed by atoms with Crippen LogP contribution in [0, 0.1) is 17.8 Å². The molecule has 1 rings (SSSR count). The third-order valence-electron chi connectivity index (χ3n) is 4.67. The van der Waals surface area contributed by atoms with E-state index < -0.39 is 0 Å². The smallest absolute Gasteiger partial charge is 0.0233 e. The average Bonchev–Trinajstić information content (AvgIpc) is 2.41. The maximum Gasteiger partial charge on any atom is -0.0233 e. The molecule has 110 valence electrons. The molecule has 0 aliphatic heterocycles. The van der Waals surface area contributed by atoms with Gasteiger partial charge in [0.05, 0.1) is 0 Å². The molecule has 0 heterocycles. The van der Waals surface area contributed by atoms with Gasteiger partial charge < -0.3 is 0 Å². The molecule has 0 heteroatoms. The van der Waals surface area contributed by atoms with E-state index in [1.165, 1.54) is 57.8 Å². The lowest BCUT2D eigenvalue weighted by Crippen LogP contribution is -2.13. The van der Waals surface area contributed by atoms with Gasteiger partial charge in [0.2, 0.25) is 0 Å². The molecule has 1 aliphatic carbocycles. The molecule has 0 aromatic carbocycles. The molecule has 0 radical (unpaired) electrons. The zero-order valence-electron chi connectivity index (χ0n) is 13.4. The van der Waals surface area contributed by atoms with Crippen LogP contribution in [-0.2, 0) is 0 Å². The van der Waals surface area contributed by atoms with E-state index in [2.05, 4.69) is 45.1 Å². The maximum atomic E-state index is 2.42. The van der Waals surface area contributed by atoms with E-state index in [1.54, 1.807) is 0 Å². The van der Waals surface area contributed by atoms with E-state index in [0.29, 0.717) is 0 Å². The van der Waals surface area contributed by atoms with E-state index in [4.69, 9.17) is 0 Å². The Morgan fingerprint density at radius 3 is 2.32 bits per heavy atom. The second kappa shape index (κ2) is 10.3.